The normalized spacial score (nSPS) is 14.4. The molecule has 4 N–H and O–H groups in total. The number of aromatic amines is 1. The summed E-state index contributed by atoms with van der Waals surface area (Å²) in [6, 6.07) is 2.21. The van der Waals surface area contributed by atoms with Crippen molar-refractivity contribution in [3.05, 3.63) is 51.1 Å². The number of aromatic nitrogens is 2. The molecule has 3 heterocycles. The lowest BCUT2D eigenvalue weighted by molar-refractivity contribution is -0.138. The minimum Gasteiger partial charge on any atom is -0.480 e. The molecule has 1 atom stereocenters. The number of aliphatic carboxylic acids is 1. The zero-order chi connectivity index (χ0) is 23.0. The number of rotatable bonds is 7. The number of nitrogens with zero attached hydrogens (tertiary/aromatic N) is 2. The second-order valence-electron chi connectivity index (χ2n) is 7.68. The van der Waals surface area contributed by atoms with Gasteiger partial charge in [0.1, 0.15) is 34.2 Å². The average Bonchev–Trinajstić information content (AvgIpc) is 3.34. The second-order valence-corrected chi connectivity index (χ2v) is 8.85. The number of hydrogen-bond donors (Lipinski definition) is 3. The summed E-state index contributed by atoms with van der Waals surface area (Å²) in [5.41, 5.74) is 6.63. The highest BCUT2D eigenvalue weighted by Crippen LogP contribution is 2.28. The van der Waals surface area contributed by atoms with E-state index in [1.165, 1.54) is 17.4 Å². The Balaban J connectivity index is 1.42. The minimum atomic E-state index is -1.14. The monoisotopic (exact) mass is 462 g/mol. The van der Waals surface area contributed by atoms with Gasteiger partial charge in [0, 0.05) is 35.7 Å². The minimum absolute atomic E-state index is 0.0554. The first-order chi connectivity index (χ1) is 15.2. The van der Waals surface area contributed by atoms with Gasteiger partial charge in [-0.2, -0.15) is 0 Å². The Morgan fingerprint density at radius 1 is 1.28 bits per heavy atom. The van der Waals surface area contributed by atoms with Gasteiger partial charge in [-0.25, -0.2) is 13.8 Å². The van der Waals surface area contributed by atoms with Crippen molar-refractivity contribution in [2.75, 3.05) is 6.54 Å². The number of carbonyl (C=O) groups excluding carboxylic acids is 2. The van der Waals surface area contributed by atoms with E-state index in [-0.39, 0.29) is 47.5 Å². The number of H-pyrrole nitrogens is 1. The van der Waals surface area contributed by atoms with E-state index in [0.29, 0.717) is 24.5 Å². The van der Waals surface area contributed by atoms with Crippen LogP contribution in [0.3, 0.4) is 0 Å². The van der Waals surface area contributed by atoms with E-state index in [2.05, 4.69) is 9.97 Å². The van der Waals surface area contributed by atoms with Gasteiger partial charge >= 0.3 is 5.97 Å². The second kappa shape index (κ2) is 8.75. The van der Waals surface area contributed by atoms with Crippen LogP contribution in [0.25, 0.3) is 10.9 Å². The Kier molecular flexibility index (Phi) is 6.02. The van der Waals surface area contributed by atoms with Crippen LogP contribution >= 0.6 is 11.3 Å². The maximum atomic E-state index is 14.0. The maximum absolute atomic E-state index is 14.0. The highest BCUT2D eigenvalue weighted by molar-refractivity contribution is 7.11. The molecule has 1 amide bonds. The van der Waals surface area contributed by atoms with Crippen molar-refractivity contribution < 1.29 is 28.3 Å². The summed E-state index contributed by atoms with van der Waals surface area (Å²) < 4.78 is 27.4. The molecular formula is C21H20F2N4O4S. The highest BCUT2D eigenvalue weighted by atomic mass is 32.1. The number of thiazole rings is 1. The highest BCUT2D eigenvalue weighted by Gasteiger charge is 2.27. The number of carboxylic acids is 1. The number of amides is 1. The number of hydrogen-bond acceptors (Lipinski definition) is 6. The molecule has 4 rings (SSSR count). The molecule has 1 aliphatic rings. The van der Waals surface area contributed by atoms with Crippen LogP contribution in [0.1, 0.15) is 38.9 Å². The largest absolute Gasteiger partial charge is 0.480 e. The molecule has 0 unspecified atom stereocenters. The molecule has 0 saturated carbocycles. The SMILES string of the molecule is N[C@@H](CCC(=O)Cc1nc2c(s1)CN(C(=O)c1cc3c(F)cc(F)cc3[nH]1)CC2)C(=O)O. The first kappa shape index (κ1) is 22.0. The van der Waals surface area contributed by atoms with Crippen LogP contribution in [0.4, 0.5) is 8.78 Å². The number of carbonyl (C=O) groups is 3. The van der Waals surface area contributed by atoms with E-state index < -0.39 is 23.6 Å². The van der Waals surface area contributed by atoms with Gasteiger partial charge in [0.25, 0.3) is 5.91 Å². The van der Waals surface area contributed by atoms with Crippen LogP contribution in [0.15, 0.2) is 18.2 Å². The van der Waals surface area contributed by atoms with Gasteiger partial charge in [0.05, 0.1) is 24.2 Å². The third-order valence-corrected chi connectivity index (χ3v) is 6.43. The molecule has 1 aromatic carbocycles. The van der Waals surface area contributed by atoms with E-state index in [1.807, 2.05) is 0 Å². The lowest BCUT2D eigenvalue weighted by atomic mass is 10.1. The molecule has 2 aromatic heterocycles. The molecule has 0 bridgehead atoms. The van der Waals surface area contributed by atoms with E-state index in [4.69, 9.17) is 10.8 Å². The molecular weight excluding hydrogens is 442 g/mol. The van der Waals surface area contributed by atoms with Gasteiger partial charge in [0.2, 0.25) is 0 Å². The number of fused-ring (bicyclic) bond motifs is 2. The Labute approximate surface area is 185 Å². The number of benzene rings is 1. The van der Waals surface area contributed by atoms with E-state index in [1.54, 1.807) is 4.90 Å². The van der Waals surface area contributed by atoms with E-state index in [9.17, 15) is 23.2 Å². The maximum Gasteiger partial charge on any atom is 0.320 e. The third-order valence-electron chi connectivity index (χ3n) is 5.35. The van der Waals surface area contributed by atoms with Gasteiger partial charge < -0.3 is 20.7 Å². The molecule has 11 heteroatoms. The van der Waals surface area contributed by atoms with Crippen LogP contribution in [0.2, 0.25) is 0 Å². The number of ketones is 1. The van der Waals surface area contributed by atoms with Crippen molar-refractivity contribution in [3.8, 4) is 0 Å². The summed E-state index contributed by atoms with van der Waals surface area (Å²) in [6.45, 7) is 0.707. The Morgan fingerprint density at radius 3 is 2.81 bits per heavy atom. The quantitative estimate of drug-likeness (QED) is 0.495. The summed E-state index contributed by atoms with van der Waals surface area (Å²) in [5, 5.41) is 9.56. The molecule has 1 aliphatic heterocycles. The first-order valence-electron chi connectivity index (χ1n) is 9.96. The fourth-order valence-corrected chi connectivity index (χ4v) is 4.80. The van der Waals surface area contributed by atoms with Crippen molar-refractivity contribution in [1.29, 1.82) is 0 Å². The van der Waals surface area contributed by atoms with Crippen LogP contribution in [0.5, 0.6) is 0 Å². The molecule has 0 aliphatic carbocycles. The van der Waals surface area contributed by atoms with Crippen molar-refractivity contribution in [1.82, 2.24) is 14.9 Å². The Bertz CT molecular complexity index is 1220. The number of carboxylic acid groups (broad SMARTS) is 1. The third kappa shape index (κ3) is 4.53. The standard InChI is InChI=1S/C21H20F2N4O4S/c22-10-5-13(23)12-8-17(25-16(12)6-10)20(29)27-4-3-15-18(9-27)32-19(26-15)7-11(28)1-2-14(24)21(30)31/h5-6,8,14,25H,1-4,7,9,24H2,(H,30,31)/t14-/m0/s1. The van der Waals surface area contributed by atoms with Crippen molar-refractivity contribution in [2.45, 2.75) is 38.3 Å². The zero-order valence-corrected chi connectivity index (χ0v) is 17.7. The topological polar surface area (TPSA) is 129 Å². The summed E-state index contributed by atoms with van der Waals surface area (Å²) in [5.74, 6) is -3.09. The number of nitrogens with two attached hydrogens (primary N) is 1. The fraction of sp³-hybridized carbons (Fsp3) is 0.333. The van der Waals surface area contributed by atoms with Gasteiger partial charge in [-0.15, -0.1) is 11.3 Å². The number of halogens is 2. The molecule has 8 nitrogen and oxygen atoms in total. The molecule has 3 aromatic rings. The number of nitrogens with one attached hydrogen (secondary N) is 1. The summed E-state index contributed by atoms with van der Waals surface area (Å²) >= 11 is 1.34. The predicted octanol–water partition coefficient (Wildman–Crippen LogP) is 2.40. The molecule has 0 radical (unpaired) electrons. The zero-order valence-electron chi connectivity index (χ0n) is 16.9. The van der Waals surface area contributed by atoms with Crippen molar-refractivity contribution >= 4 is 39.9 Å². The van der Waals surface area contributed by atoms with E-state index >= 15 is 0 Å². The average molecular weight is 462 g/mol. The molecule has 32 heavy (non-hydrogen) atoms. The molecule has 0 fully saturated rings. The summed E-state index contributed by atoms with van der Waals surface area (Å²) in [4.78, 5) is 45.5. The molecule has 0 spiro atoms. The van der Waals surface area contributed by atoms with Crippen LogP contribution < -0.4 is 5.73 Å². The summed E-state index contributed by atoms with van der Waals surface area (Å²) in [6.07, 6.45) is 0.722. The van der Waals surface area contributed by atoms with Gasteiger partial charge in [-0.05, 0) is 18.6 Å². The van der Waals surface area contributed by atoms with Gasteiger partial charge in [-0.3, -0.25) is 14.4 Å². The first-order valence-corrected chi connectivity index (χ1v) is 10.8. The molecule has 168 valence electrons. The van der Waals surface area contributed by atoms with Gasteiger partial charge in [0.15, 0.2) is 0 Å². The van der Waals surface area contributed by atoms with Gasteiger partial charge in [-0.1, -0.05) is 0 Å². The Hall–Kier alpha value is -3.18. The van der Waals surface area contributed by atoms with Crippen LogP contribution in [-0.4, -0.2) is 50.2 Å². The fourth-order valence-electron chi connectivity index (χ4n) is 3.64. The van der Waals surface area contributed by atoms with Crippen LogP contribution in [0, 0.1) is 11.6 Å². The lowest BCUT2D eigenvalue weighted by Gasteiger charge is -2.25. The van der Waals surface area contributed by atoms with Crippen LogP contribution in [-0.2, 0) is 29.0 Å². The number of Topliss-reactive ketones (excluding diaryl/α,β-unsaturated/α-hetero) is 1. The molecule has 0 saturated heterocycles. The van der Waals surface area contributed by atoms with Crippen molar-refractivity contribution in [3.63, 3.8) is 0 Å². The predicted molar refractivity (Wildman–Crippen MR) is 112 cm³/mol. The summed E-state index contributed by atoms with van der Waals surface area (Å²) in [7, 11) is 0. The smallest absolute Gasteiger partial charge is 0.320 e. The van der Waals surface area contributed by atoms with E-state index in [0.717, 1.165) is 22.7 Å². The van der Waals surface area contributed by atoms with Crippen molar-refractivity contribution in [2.24, 2.45) is 5.73 Å². The lowest BCUT2D eigenvalue weighted by Crippen LogP contribution is -2.35. The Morgan fingerprint density at radius 2 is 2.06 bits per heavy atom.